The van der Waals surface area contributed by atoms with Gasteiger partial charge in [-0.2, -0.15) is 5.10 Å². The van der Waals surface area contributed by atoms with E-state index in [1.54, 1.807) is 23.9 Å². The Bertz CT molecular complexity index is 280. The van der Waals surface area contributed by atoms with Gasteiger partial charge in [0.15, 0.2) is 5.82 Å². The Labute approximate surface area is 65.0 Å². The second-order valence-electron chi connectivity index (χ2n) is 2.14. The van der Waals surface area contributed by atoms with Crippen LogP contribution in [0, 0.1) is 0 Å². The first-order chi connectivity index (χ1) is 5.24. The van der Waals surface area contributed by atoms with Crippen molar-refractivity contribution in [3.8, 4) is 0 Å². The number of rotatable bonds is 2. The molecule has 11 heavy (non-hydrogen) atoms. The van der Waals surface area contributed by atoms with Crippen LogP contribution in [0.5, 0.6) is 0 Å². The van der Waals surface area contributed by atoms with Crippen molar-refractivity contribution in [2.24, 2.45) is 5.73 Å². The van der Waals surface area contributed by atoms with Crippen LogP contribution in [0.3, 0.4) is 0 Å². The standard InChI is InChI=1S/C7H10N4/c1-3-7-9-5-10-11(7)4-6(2)8/h3-5H,1,8H2,2H3/b6-4+. The minimum Gasteiger partial charge on any atom is -0.401 e. The Morgan fingerprint density at radius 1 is 1.82 bits per heavy atom. The van der Waals surface area contributed by atoms with Gasteiger partial charge in [-0.15, -0.1) is 0 Å². The van der Waals surface area contributed by atoms with Crippen LogP contribution in [0.2, 0.25) is 0 Å². The normalized spacial score (nSPS) is 11.5. The Balaban J connectivity index is 3.03. The summed E-state index contributed by atoms with van der Waals surface area (Å²) < 4.78 is 1.57. The third kappa shape index (κ3) is 1.67. The molecule has 0 aromatic carbocycles. The molecule has 0 aliphatic carbocycles. The quantitative estimate of drug-likeness (QED) is 0.675. The van der Waals surface area contributed by atoms with Crippen molar-refractivity contribution in [3.63, 3.8) is 0 Å². The van der Waals surface area contributed by atoms with Crippen LogP contribution < -0.4 is 5.73 Å². The monoisotopic (exact) mass is 150 g/mol. The molecule has 0 unspecified atom stereocenters. The number of allylic oxidation sites excluding steroid dienone is 1. The maximum Gasteiger partial charge on any atom is 0.154 e. The maximum absolute atomic E-state index is 5.45. The zero-order valence-corrected chi connectivity index (χ0v) is 6.36. The summed E-state index contributed by atoms with van der Waals surface area (Å²) in [5.41, 5.74) is 6.12. The summed E-state index contributed by atoms with van der Waals surface area (Å²) >= 11 is 0. The van der Waals surface area contributed by atoms with Gasteiger partial charge in [0, 0.05) is 11.9 Å². The van der Waals surface area contributed by atoms with Crippen LogP contribution in [0.25, 0.3) is 12.3 Å². The fourth-order valence-corrected chi connectivity index (χ4v) is 0.698. The molecule has 4 nitrogen and oxygen atoms in total. The Hall–Kier alpha value is -1.58. The van der Waals surface area contributed by atoms with Crippen LogP contribution in [0.1, 0.15) is 12.7 Å². The highest BCUT2D eigenvalue weighted by molar-refractivity contribution is 5.41. The number of nitrogens with zero attached hydrogens (tertiary/aromatic N) is 3. The highest BCUT2D eigenvalue weighted by Gasteiger charge is 1.94. The summed E-state index contributed by atoms with van der Waals surface area (Å²) in [6.45, 7) is 5.36. The number of aromatic nitrogens is 3. The molecule has 0 atom stereocenters. The summed E-state index contributed by atoms with van der Waals surface area (Å²) in [6, 6.07) is 0. The smallest absolute Gasteiger partial charge is 0.154 e. The molecule has 1 aromatic heterocycles. The topological polar surface area (TPSA) is 56.7 Å². The molecular formula is C7H10N4. The molecule has 0 radical (unpaired) electrons. The van der Waals surface area contributed by atoms with Gasteiger partial charge in [-0.25, -0.2) is 9.67 Å². The van der Waals surface area contributed by atoms with Crippen LogP contribution in [-0.2, 0) is 0 Å². The summed E-state index contributed by atoms with van der Waals surface area (Å²) in [5, 5.41) is 3.91. The fraction of sp³-hybridized carbons (Fsp3) is 0.143. The van der Waals surface area contributed by atoms with Crippen LogP contribution >= 0.6 is 0 Å². The minimum absolute atomic E-state index is 0.679. The molecule has 0 bridgehead atoms. The lowest BCUT2D eigenvalue weighted by Crippen LogP contribution is -1.98. The number of nitrogens with two attached hydrogens (primary N) is 1. The first-order valence-electron chi connectivity index (χ1n) is 3.20. The fourth-order valence-electron chi connectivity index (χ4n) is 0.698. The van der Waals surface area contributed by atoms with Crippen LogP contribution in [-0.4, -0.2) is 14.8 Å². The molecule has 0 fully saturated rings. The minimum atomic E-state index is 0.679. The van der Waals surface area contributed by atoms with Gasteiger partial charge in [0.05, 0.1) is 0 Å². The Morgan fingerprint density at radius 3 is 3.09 bits per heavy atom. The molecule has 2 N–H and O–H groups in total. The predicted octanol–water partition coefficient (Wildman–Crippen LogP) is 0.698. The SMILES string of the molecule is C=Cc1ncnn1/C=C(\C)N. The van der Waals surface area contributed by atoms with E-state index >= 15 is 0 Å². The zero-order chi connectivity index (χ0) is 8.27. The lowest BCUT2D eigenvalue weighted by atomic mass is 10.5. The van der Waals surface area contributed by atoms with Gasteiger partial charge in [-0.1, -0.05) is 6.58 Å². The van der Waals surface area contributed by atoms with Crippen molar-refractivity contribution < 1.29 is 0 Å². The van der Waals surface area contributed by atoms with Crippen molar-refractivity contribution in [1.29, 1.82) is 0 Å². The molecule has 0 saturated heterocycles. The largest absolute Gasteiger partial charge is 0.401 e. The van der Waals surface area contributed by atoms with Gasteiger partial charge in [-0.3, -0.25) is 0 Å². The highest BCUT2D eigenvalue weighted by Crippen LogP contribution is 1.96. The number of hydrogen-bond donors (Lipinski definition) is 1. The van der Waals surface area contributed by atoms with Crippen molar-refractivity contribution >= 4 is 12.3 Å². The predicted molar refractivity (Wildman–Crippen MR) is 44.2 cm³/mol. The highest BCUT2D eigenvalue weighted by atomic mass is 15.3. The average Bonchev–Trinajstić information content (AvgIpc) is 2.34. The van der Waals surface area contributed by atoms with Gasteiger partial charge in [-0.05, 0) is 13.0 Å². The third-order valence-electron chi connectivity index (χ3n) is 1.11. The second kappa shape index (κ2) is 3.01. The van der Waals surface area contributed by atoms with E-state index in [-0.39, 0.29) is 0 Å². The van der Waals surface area contributed by atoms with E-state index in [1.165, 1.54) is 6.33 Å². The lowest BCUT2D eigenvalue weighted by Gasteiger charge is -1.94. The summed E-state index contributed by atoms with van der Waals surface area (Å²) in [4.78, 5) is 3.92. The molecule has 0 spiro atoms. The van der Waals surface area contributed by atoms with E-state index in [2.05, 4.69) is 16.7 Å². The molecule has 0 aliphatic rings. The van der Waals surface area contributed by atoms with Crippen LogP contribution in [0.4, 0.5) is 0 Å². The maximum atomic E-state index is 5.45. The van der Waals surface area contributed by atoms with Gasteiger partial charge in [0.2, 0.25) is 0 Å². The van der Waals surface area contributed by atoms with E-state index in [9.17, 15) is 0 Å². The van der Waals surface area contributed by atoms with E-state index < -0.39 is 0 Å². The van der Waals surface area contributed by atoms with Gasteiger partial charge in [0.25, 0.3) is 0 Å². The molecule has 0 amide bonds. The second-order valence-corrected chi connectivity index (χ2v) is 2.14. The Kier molecular flexibility index (Phi) is 2.06. The van der Waals surface area contributed by atoms with Gasteiger partial charge in [0.1, 0.15) is 6.33 Å². The average molecular weight is 150 g/mol. The third-order valence-corrected chi connectivity index (χ3v) is 1.11. The van der Waals surface area contributed by atoms with Gasteiger partial charge < -0.3 is 5.73 Å². The summed E-state index contributed by atoms with van der Waals surface area (Å²) in [5.74, 6) is 0.690. The Morgan fingerprint density at radius 2 is 2.55 bits per heavy atom. The van der Waals surface area contributed by atoms with Gasteiger partial charge >= 0.3 is 0 Å². The molecule has 1 aromatic rings. The first kappa shape index (κ1) is 7.53. The zero-order valence-electron chi connectivity index (χ0n) is 6.36. The van der Waals surface area contributed by atoms with E-state index in [0.717, 1.165) is 0 Å². The van der Waals surface area contributed by atoms with Crippen molar-refractivity contribution in [1.82, 2.24) is 14.8 Å². The van der Waals surface area contributed by atoms with Crippen molar-refractivity contribution in [3.05, 3.63) is 24.4 Å². The van der Waals surface area contributed by atoms with Crippen molar-refractivity contribution in [2.45, 2.75) is 6.92 Å². The molecular weight excluding hydrogens is 140 g/mol. The van der Waals surface area contributed by atoms with E-state index in [4.69, 9.17) is 5.73 Å². The summed E-state index contributed by atoms with van der Waals surface area (Å²) in [6.07, 6.45) is 4.76. The molecule has 1 heterocycles. The van der Waals surface area contributed by atoms with Crippen molar-refractivity contribution in [2.75, 3.05) is 0 Å². The molecule has 0 aliphatic heterocycles. The lowest BCUT2D eigenvalue weighted by molar-refractivity contribution is 0.913. The molecule has 58 valence electrons. The molecule has 1 rings (SSSR count). The first-order valence-corrected chi connectivity index (χ1v) is 3.20. The number of hydrogen-bond acceptors (Lipinski definition) is 3. The van der Waals surface area contributed by atoms with Crippen LogP contribution in [0.15, 0.2) is 18.6 Å². The molecule has 0 saturated carbocycles. The van der Waals surface area contributed by atoms with E-state index in [0.29, 0.717) is 11.5 Å². The summed E-state index contributed by atoms with van der Waals surface area (Å²) in [7, 11) is 0. The molecule has 4 heteroatoms. The van der Waals surface area contributed by atoms with E-state index in [1.807, 2.05) is 0 Å².